The molecule has 0 aliphatic rings. The van der Waals surface area contributed by atoms with Crippen molar-refractivity contribution in [1.29, 1.82) is 0 Å². The summed E-state index contributed by atoms with van der Waals surface area (Å²) in [6, 6.07) is 0. The molecule has 0 aliphatic heterocycles. The molecule has 1 aromatic rings. The lowest BCUT2D eigenvalue weighted by atomic mass is 10.2. The number of rotatable bonds is 6. The molecule has 1 aromatic heterocycles. The van der Waals surface area contributed by atoms with E-state index in [1.54, 1.807) is 0 Å². The highest BCUT2D eigenvalue weighted by atomic mass is 14.9. The summed E-state index contributed by atoms with van der Waals surface area (Å²) in [7, 11) is 0. The average molecular weight is 178 g/mol. The summed E-state index contributed by atoms with van der Waals surface area (Å²) in [4.78, 5) is 7.64. The molecule has 0 fully saturated rings. The third-order valence-corrected chi connectivity index (χ3v) is 2.05. The van der Waals surface area contributed by atoms with Crippen LogP contribution in [0, 0.1) is 0 Å². The van der Waals surface area contributed by atoms with Crippen LogP contribution in [0.2, 0.25) is 0 Å². The van der Waals surface area contributed by atoms with E-state index in [4.69, 9.17) is 0 Å². The van der Waals surface area contributed by atoms with Crippen molar-refractivity contribution in [2.45, 2.75) is 39.0 Å². The SMILES string of the molecule is C=CCc1c[nH]c(CCCCC)n1. The van der Waals surface area contributed by atoms with Crippen LogP contribution in [0.15, 0.2) is 18.9 Å². The van der Waals surface area contributed by atoms with Gasteiger partial charge in [-0.05, 0) is 6.42 Å². The summed E-state index contributed by atoms with van der Waals surface area (Å²) in [5, 5.41) is 0. The number of aromatic amines is 1. The molecule has 0 bridgehead atoms. The predicted molar refractivity (Wildman–Crippen MR) is 55.7 cm³/mol. The summed E-state index contributed by atoms with van der Waals surface area (Å²) in [5.74, 6) is 1.12. The van der Waals surface area contributed by atoms with Crippen molar-refractivity contribution in [3.05, 3.63) is 30.4 Å². The van der Waals surface area contributed by atoms with Gasteiger partial charge in [0, 0.05) is 19.0 Å². The Balaban J connectivity index is 2.35. The quantitative estimate of drug-likeness (QED) is 0.526. The average Bonchev–Trinajstić information content (AvgIpc) is 2.54. The maximum absolute atomic E-state index is 4.44. The number of unbranched alkanes of at least 4 members (excludes halogenated alkanes) is 2. The van der Waals surface area contributed by atoms with E-state index in [0.29, 0.717) is 0 Å². The van der Waals surface area contributed by atoms with Gasteiger partial charge in [0.2, 0.25) is 0 Å². The molecule has 0 spiro atoms. The van der Waals surface area contributed by atoms with Crippen LogP contribution in [0.4, 0.5) is 0 Å². The fraction of sp³-hybridized carbons (Fsp3) is 0.545. The fourth-order valence-electron chi connectivity index (χ4n) is 1.33. The third kappa shape index (κ3) is 3.45. The number of H-pyrrole nitrogens is 1. The molecule has 1 heterocycles. The van der Waals surface area contributed by atoms with E-state index in [9.17, 15) is 0 Å². The minimum Gasteiger partial charge on any atom is -0.348 e. The molecule has 72 valence electrons. The Hall–Kier alpha value is -1.05. The number of aromatic nitrogens is 2. The van der Waals surface area contributed by atoms with Crippen LogP contribution in [-0.2, 0) is 12.8 Å². The van der Waals surface area contributed by atoms with Gasteiger partial charge in [0.05, 0.1) is 5.69 Å². The van der Waals surface area contributed by atoms with E-state index < -0.39 is 0 Å². The van der Waals surface area contributed by atoms with Gasteiger partial charge in [-0.1, -0.05) is 25.8 Å². The maximum Gasteiger partial charge on any atom is 0.106 e. The van der Waals surface area contributed by atoms with Crippen molar-refractivity contribution in [1.82, 2.24) is 9.97 Å². The van der Waals surface area contributed by atoms with Crippen molar-refractivity contribution < 1.29 is 0 Å². The van der Waals surface area contributed by atoms with Crippen LogP contribution < -0.4 is 0 Å². The topological polar surface area (TPSA) is 28.7 Å². The Kier molecular flexibility index (Phi) is 4.30. The number of allylic oxidation sites excluding steroid dienone is 1. The summed E-state index contributed by atoms with van der Waals surface area (Å²) in [6.45, 7) is 5.90. The Bertz CT molecular complexity index is 250. The summed E-state index contributed by atoms with van der Waals surface area (Å²) in [6.07, 6.45) is 9.58. The number of hydrogen-bond donors (Lipinski definition) is 1. The highest BCUT2D eigenvalue weighted by Crippen LogP contribution is 2.04. The molecule has 0 unspecified atom stereocenters. The molecule has 2 nitrogen and oxygen atoms in total. The summed E-state index contributed by atoms with van der Waals surface area (Å²) in [5.41, 5.74) is 1.10. The normalized spacial score (nSPS) is 10.2. The van der Waals surface area contributed by atoms with Gasteiger partial charge in [-0.15, -0.1) is 6.58 Å². The Labute approximate surface area is 80.1 Å². The van der Waals surface area contributed by atoms with Gasteiger partial charge >= 0.3 is 0 Å². The van der Waals surface area contributed by atoms with Gasteiger partial charge in [-0.25, -0.2) is 4.98 Å². The van der Waals surface area contributed by atoms with E-state index in [-0.39, 0.29) is 0 Å². The van der Waals surface area contributed by atoms with Crippen LogP contribution in [0.5, 0.6) is 0 Å². The standard InChI is InChI=1S/C11H18N2/c1-3-5-6-8-11-12-9-10(13-11)7-4-2/h4,9H,2-3,5-8H2,1H3,(H,12,13). The lowest BCUT2D eigenvalue weighted by molar-refractivity contribution is 0.698. The zero-order valence-electron chi connectivity index (χ0n) is 8.34. The number of hydrogen-bond acceptors (Lipinski definition) is 1. The Morgan fingerprint density at radius 1 is 1.54 bits per heavy atom. The lowest BCUT2D eigenvalue weighted by Gasteiger charge is -1.94. The largest absolute Gasteiger partial charge is 0.348 e. The van der Waals surface area contributed by atoms with Gasteiger partial charge in [0.15, 0.2) is 0 Å². The molecule has 0 atom stereocenters. The van der Waals surface area contributed by atoms with E-state index in [0.717, 1.165) is 24.4 Å². The molecule has 0 saturated heterocycles. The second-order valence-corrected chi connectivity index (χ2v) is 3.29. The first-order valence-corrected chi connectivity index (χ1v) is 5.01. The van der Waals surface area contributed by atoms with Crippen LogP contribution in [0.3, 0.4) is 0 Å². The fourth-order valence-corrected chi connectivity index (χ4v) is 1.33. The first-order valence-electron chi connectivity index (χ1n) is 5.01. The van der Waals surface area contributed by atoms with E-state index in [2.05, 4.69) is 23.5 Å². The van der Waals surface area contributed by atoms with Crippen LogP contribution in [-0.4, -0.2) is 9.97 Å². The Morgan fingerprint density at radius 3 is 3.08 bits per heavy atom. The second kappa shape index (κ2) is 5.57. The Morgan fingerprint density at radius 2 is 2.38 bits per heavy atom. The van der Waals surface area contributed by atoms with Crippen molar-refractivity contribution in [2.75, 3.05) is 0 Å². The minimum absolute atomic E-state index is 0.865. The summed E-state index contributed by atoms with van der Waals surface area (Å²) < 4.78 is 0. The smallest absolute Gasteiger partial charge is 0.106 e. The van der Waals surface area contributed by atoms with Crippen molar-refractivity contribution in [3.63, 3.8) is 0 Å². The number of imidazole rings is 1. The maximum atomic E-state index is 4.44. The molecular formula is C11H18N2. The van der Waals surface area contributed by atoms with E-state index in [1.807, 2.05) is 12.3 Å². The van der Waals surface area contributed by atoms with Crippen molar-refractivity contribution >= 4 is 0 Å². The van der Waals surface area contributed by atoms with Crippen LogP contribution >= 0.6 is 0 Å². The number of nitrogens with zero attached hydrogens (tertiary/aromatic N) is 1. The monoisotopic (exact) mass is 178 g/mol. The minimum atomic E-state index is 0.865. The molecule has 13 heavy (non-hydrogen) atoms. The summed E-state index contributed by atoms with van der Waals surface area (Å²) >= 11 is 0. The van der Waals surface area contributed by atoms with E-state index >= 15 is 0 Å². The zero-order chi connectivity index (χ0) is 9.52. The molecule has 1 rings (SSSR count). The van der Waals surface area contributed by atoms with Crippen molar-refractivity contribution in [3.8, 4) is 0 Å². The van der Waals surface area contributed by atoms with Crippen molar-refractivity contribution in [2.24, 2.45) is 0 Å². The molecular weight excluding hydrogens is 160 g/mol. The lowest BCUT2D eigenvalue weighted by Crippen LogP contribution is -1.88. The molecule has 0 aromatic carbocycles. The van der Waals surface area contributed by atoms with Gasteiger partial charge in [-0.3, -0.25) is 0 Å². The van der Waals surface area contributed by atoms with E-state index in [1.165, 1.54) is 19.3 Å². The zero-order valence-corrected chi connectivity index (χ0v) is 8.34. The van der Waals surface area contributed by atoms with Gasteiger partial charge in [-0.2, -0.15) is 0 Å². The molecule has 0 aliphatic carbocycles. The molecule has 0 radical (unpaired) electrons. The molecule has 0 amide bonds. The van der Waals surface area contributed by atoms with Crippen LogP contribution in [0.25, 0.3) is 0 Å². The van der Waals surface area contributed by atoms with Gasteiger partial charge in [0.1, 0.15) is 5.82 Å². The van der Waals surface area contributed by atoms with Crippen LogP contribution in [0.1, 0.15) is 37.7 Å². The number of nitrogens with one attached hydrogen (secondary N) is 1. The molecule has 0 saturated carbocycles. The first kappa shape index (κ1) is 10.0. The highest BCUT2D eigenvalue weighted by Gasteiger charge is 1.98. The molecule has 1 N–H and O–H groups in total. The van der Waals surface area contributed by atoms with Gasteiger partial charge in [0.25, 0.3) is 0 Å². The predicted octanol–water partition coefficient (Wildman–Crippen LogP) is 2.87. The second-order valence-electron chi connectivity index (χ2n) is 3.29. The highest BCUT2D eigenvalue weighted by molar-refractivity contribution is 5.04. The number of aryl methyl sites for hydroxylation is 1. The van der Waals surface area contributed by atoms with Gasteiger partial charge < -0.3 is 4.98 Å². The molecule has 2 heteroatoms. The first-order chi connectivity index (χ1) is 6.36. The third-order valence-electron chi connectivity index (χ3n) is 2.05.